The zero-order valence-electron chi connectivity index (χ0n) is 30.1. The first-order chi connectivity index (χ1) is 26.2. The smallest absolute Gasteiger partial charge is 0.0238 e. The van der Waals surface area contributed by atoms with Crippen LogP contribution in [0.15, 0.2) is 205 Å². The van der Waals surface area contributed by atoms with E-state index < -0.39 is 27.1 Å². The predicted octanol–water partition coefficient (Wildman–Crippen LogP) is 12.6. The van der Waals surface area contributed by atoms with Crippen molar-refractivity contribution < 1.29 is 19.2 Å². The molecule has 0 aliphatic heterocycles. The van der Waals surface area contributed by atoms with Crippen molar-refractivity contribution in [2.45, 2.75) is 28.2 Å². The molecule has 2 heteroatoms. The molecule has 0 aromatic heterocycles. The Kier molecular flexibility index (Phi) is 11.2. The van der Waals surface area contributed by atoms with Gasteiger partial charge in [-0.3, -0.25) is 0 Å². The number of rotatable bonds is 9. The zero-order valence-corrected chi connectivity index (χ0v) is 32.6. The fraction of sp³-hybridized carbons (Fsp3) is 0.0980. The van der Waals surface area contributed by atoms with Gasteiger partial charge in [0.1, 0.15) is 0 Å². The zero-order chi connectivity index (χ0) is 35.8. The van der Waals surface area contributed by atoms with Crippen molar-refractivity contribution in [2.24, 2.45) is 0 Å². The summed E-state index contributed by atoms with van der Waals surface area (Å²) in [5.74, 6) is 0. The van der Waals surface area contributed by atoms with Crippen LogP contribution in [0.2, 0.25) is 0 Å². The quantitative estimate of drug-likeness (QED) is 0.102. The molecule has 2 aliphatic carbocycles. The number of hydrogen-bond donors (Lipinski definition) is 0. The van der Waals surface area contributed by atoms with Crippen molar-refractivity contribution in [3.05, 3.63) is 238 Å². The third kappa shape index (κ3) is 8.07. The number of hydrogen-bond acceptors (Lipinski definition) is 0. The van der Waals surface area contributed by atoms with E-state index in [4.69, 9.17) is 0 Å². The Morgan fingerprint density at radius 1 is 0.453 bits per heavy atom. The van der Waals surface area contributed by atoms with Gasteiger partial charge in [0.15, 0.2) is 0 Å². The van der Waals surface area contributed by atoms with E-state index in [2.05, 4.69) is 213 Å². The summed E-state index contributed by atoms with van der Waals surface area (Å²) in [6.07, 6.45) is 7.29. The third-order valence-corrected chi connectivity index (χ3v) is 16.4. The minimum Gasteiger partial charge on any atom is -0.0622 e. The first kappa shape index (κ1) is 35.2. The van der Waals surface area contributed by atoms with Crippen LogP contribution in [-0.4, -0.2) is 0 Å². The summed E-state index contributed by atoms with van der Waals surface area (Å²) in [5, 5.41) is 4.52. The normalized spacial score (nSPS) is 15.4. The molecule has 2 unspecified atom stereocenters. The van der Waals surface area contributed by atoms with Crippen molar-refractivity contribution >= 4 is 30.7 Å². The second kappa shape index (κ2) is 16.9. The van der Waals surface area contributed by atoms with Gasteiger partial charge in [-0.1, -0.05) is 60.7 Å². The average molecular weight is 735 g/mol. The van der Waals surface area contributed by atoms with Crippen LogP contribution < -0.4 is 10.6 Å². The van der Waals surface area contributed by atoms with Gasteiger partial charge in [-0.15, -0.1) is 0 Å². The first-order valence-corrected chi connectivity index (χ1v) is 21.8. The summed E-state index contributed by atoms with van der Waals surface area (Å²) >= 11 is -0.446. The van der Waals surface area contributed by atoms with E-state index in [1.165, 1.54) is 60.7 Å². The second-order valence-electron chi connectivity index (χ2n) is 13.8. The summed E-state index contributed by atoms with van der Waals surface area (Å²) in [5.41, 5.74) is 12.9. The van der Waals surface area contributed by atoms with E-state index in [9.17, 15) is 0 Å². The molecule has 0 N–H and O–H groups in total. The maximum absolute atomic E-state index is 2.55. The van der Waals surface area contributed by atoms with E-state index >= 15 is 0 Å². The number of allylic oxidation sites excluding steroid dienone is 2. The van der Waals surface area contributed by atoms with Crippen molar-refractivity contribution in [2.75, 3.05) is 0 Å². The van der Waals surface area contributed by atoms with Crippen LogP contribution >= 0.6 is 7.92 Å². The molecule has 0 fully saturated rings. The van der Waals surface area contributed by atoms with Gasteiger partial charge in [-0.2, -0.15) is 0 Å². The molecule has 2 aliphatic rings. The Morgan fingerprint density at radius 3 is 1.53 bits per heavy atom. The Morgan fingerprint density at radius 2 is 0.943 bits per heavy atom. The van der Waals surface area contributed by atoms with Crippen molar-refractivity contribution in [1.82, 2.24) is 0 Å². The van der Waals surface area contributed by atoms with Crippen molar-refractivity contribution in [3.8, 4) is 11.1 Å². The number of fused-ring (bicyclic) bond motifs is 2. The van der Waals surface area contributed by atoms with Gasteiger partial charge in [0.2, 0.25) is 0 Å². The van der Waals surface area contributed by atoms with E-state index in [1.54, 1.807) is 5.31 Å². The molecule has 0 saturated carbocycles. The Balaban J connectivity index is 0.000000240. The van der Waals surface area contributed by atoms with Gasteiger partial charge >= 0.3 is 243 Å². The van der Waals surface area contributed by atoms with Gasteiger partial charge in [-0.05, 0) is 24.0 Å². The van der Waals surface area contributed by atoms with E-state index in [0.717, 1.165) is 12.8 Å². The molecule has 0 saturated heterocycles. The topological polar surface area (TPSA) is 0 Å². The van der Waals surface area contributed by atoms with Crippen LogP contribution in [0.1, 0.15) is 48.7 Å². The SMILES string of the molecule is CC1=Cc2c(-c3ccccc3)cccc2[CH]1[Ti][CH]1C(P(c2ccccc2)c2ccccc2)=Cc2ccccc21.c1ccc(CCc2ccccc2)cc1. The molecular formula is C51H43PTi. The largest absolute Gasteiger partial charge is 0.0622 e. The Bertz CT molecular complexity index is 2230. The molecule has 0 radical (unpaired) electrons. The van der Waals surface area contributed by atoms with E-state index in [-0.39, 0.29) is 0 Å². The van der Waals surface area contributed by atoms with Gasteiger partial charge in [0, 0.05) is 0 Å². The summed E-state index contributed by atoms with van der Waals surface area (Å²) in [6.45, 7) is 2.37. The molecule has 0 amide bonds. The Hall–Kier alpha value is -4.84. The molecular weight excluding hydrogens is 691 g/mol. The molecule has 256 valence electrons. The van der Waals surface area contributed by atoms with Gasteiger partial charge in [0.05, 0.1) is 0 Å². The molecule has 53 heavy (non-hydrogen) atoms. The van der Waals surface area contributed by atoms with Gasteiger partial charge < -0.3 is 0 Å². The molecule has 0 nitrogen and oxygen atoms in total. The molecule has 9 rings (SSSR count). The van der Waals surface area contributed by atoms with Crippen LogP contribution in [-0.2, 0) is 32.0 Å². The molecule has 0 heterocycles. The van der Waals surface area contributed by atoms with Crippen molar-refractivity contribution in [3.63, 3.8) is 0 Å². The van der Waals surface area contributed by atoms with Crippen LogP contribution in [0.5, 0.6) is 0 Å². The maximum atomic E-state index is 2.55. The molecule has 0 spiro atoms. The van der Waals surface area contributed by atoms with Gasteiger partial charge in [0.25, 0.3) is 0 Å². The van der Waals surface area contributed by atoms with Crippen LogP contribution in [0.3, 0.4) is 0 Å². The average Bonchev–Trinajstić information content (AvgIpc) is 3.75. The number of benzene rings is 7. The molecule has 7 aromatic carbocycles. The standard InChI is InChI=1S/C21H16P.C16H13.C14H14.Ti/c1-3-11-19(12-4-1)22(20-13-5-2-6-14-20)21-15-17-9-7-8-10-18(17)16-21;1-12-10-14-8-5-9-15(16(14)11-12)13-6-3-2-4-7-13;1-3-7-13(8-4-1)11-12-14-9-5-2-6-10-14;/h1-16H;2-11H,1H3;1-10H,11-12H2;. The van der Waals surface area contributed by atoms with Gasteiger partial charge in [-0.25, -0.2) is 0 Å². The van der Waals surface area contributed by atoms with Crippen LogP contribution in [0.25, 0.3) is 23.3 Å². The minimum absolute atomic E-state index is 0.446. The third-order valence-electron chi connectivity index (χ3n) is 10.3. The summed E-state index contributed by atoms with van der Waals surface area (Å²) in [6, 6.07) is 70.7. The maximum Gasteiger partial charge on any atom is -0.0238 e. The molecule has 7 aromatic rings. The van der Waals surface area contributed by atoms with Crippen LogP contribution in [0, 0.1) is 0 Å². The van der Waals surface area contributed by atoms with Crippen molar-refractivity contribution in [1.29, 1.82) is 0 Å². The fourth-order valence-electron chi connectivity index (χ4n) is 7.66. The number of aryl methyl sites for hydroxylation is 2. The Labute approximate surface area is 325 Å². The molecule has 0 bridgehead atoms. The minimum atomic E-state index is -0.609. The van der Waals surface area contributed by atoms with E-state index in [0.29, 0.717) is 8.45 Å². The summed E-state index contributed by atoms with van der Waals surface area (Å²) < 4.78 is 1.04. The molecule has 2 atom stereocenters. The predicted molar refractivity (Wildman–Crippen MR) is 225 cm³/mol. The fourth-order valence-corrected chi connectivity index (χ4v) is 13.9. The summed E-state index contributed by atoms with van der Waals surface area (Å²) in [7, 11) is -0.609. The second-order valence-corrected chi connectivity index (χ2v) is 18.3. The van der Waals surface area contributed by atoms with Crippen LogP contribution in [0.4, 0.5) is 0 Å². The van der Waals surface area contributed by atoms with E-state index in [1.807, 2.05) is 0 Å². The first-order valence-electron chi connectivity index (χ1n) is 18.6. The monoisotopic (exact) mass is 734 g/mol. The summed E-state index contributed by atoms with van der Waals surface area (Å²) in [4.78, 5) is 0.